The molecule has 7 heteroatoms. The number of oxazole rings is 1. The molecule has 7 nitrogen and oxygen atoms in total. The van der Waals surface area contributed by atoms with Gasteiger partial charge in [-0.15, -0.1) is 0 Å². The van der Waals surface area contributed by atoms with E-state index in [1.807, 2.05) is 6.92 Å². The van der Waals surface area contributed by atoms with Gasteiger partial charge in [-0.2, -0.15) is 0 Å². The number of nitrogens with two attached hydrogens (primary N) is 1. The molecule has 0 unspecified atom stereocenters. The van der Waals surface area contributed by atoms with E-state index in [1.165, 1.54) is 4.57 Å². The summed E-state index contributed by atoms with van der Waals surface area (Å²) in [6.45, 7) is 1.99. The van der Waals surface area contributed by atoms with E-state index >= 15 is 0 Å². The molecule has 0 amide bonds. The SMILES string of the molecule is Cc1cc(N)nc(Cn2c(=O)oc3cccnc32)n1. The molecule has 3 aromatic heterocycles. The third kappa shape index (κ3) is 2.05. The highest BCUT2D eigenvalue weighted by atomic mass is 16.4. The van der Waals surface area contributed by atoms with Crippen LogP contribution in [0, 0.1) is 6.92 Å². The van der Waals surface area contributed by atoms with Gasteiger partial charge in [0.1, 0.15) is 5.82 Å². The van der Waals surface area contributed by atoms with Crippen LogP contribution in [0.2, 0.25) is 0 Å². The minimum absolute atomic E-state index is 0.175. The van der Waals surface area contributed by atoms with Gasteiger partial charge in [-0.3, -0.25) is 4.57 Å². The maximum atomic E-state index is 11.8. The Kier molecular flexibility index (Phi) is 2.52. The number of nitrogens with zero attached hydrogens (tertiary/aromatic N) is 4. The first-order valence-electron chi connectivity index (χ1n) is 5.68. The summed E-state index contributed by atoms with van der Waals surface area (Å²) in [6.07, 6.45) is 1.60. The Morgan fingerprint density at radius 2 is 2.26 bits per heavy atom. The molecular formula is C12H11N5O2. The summed E-state index contributed by atoms with van der Waals surface area (Å²) < 4.78 is 6.47. The van der Waals surface area contributed by atoms with Crippen LogP contribution in [0.15, 0.2) is 33.6 Å². The van der Waals surface area contributed by atoms with Crippen molar-refractivity contribution in [1.82, 2.24) is 19.5 Å². The largest absolute Gasteiger partial charge is 0.421 e. The lowest BCUT2D eigenvalue weighted by Crippen LogP contribution is -2.17. The van der Waals surface area contributed by atoms with Crippen LogP contribution in [-0.4, -0.2) is 19.5 Å². The van der Waals surface area contributed by atoms with E-state index in [1.54, 1.807) is 24.4 Å². The van der Waals surface area contributed by atoms with E-state index in [0.29, 0.717) is 22.9 Å². The molecule has 0 radical (unpaired) electrons. The van der Waals surface area contributed by atoms with Gasteiger partial charge in [0, 0.05) is 18.0 Å². The van der Waals surface area contributed by atoms with Crippen molar-refractivity contribution in [3.8, 4) is 0 Å². The second-order valence-electron chi connectivity index (χ2n) is 4.13. The zero-order valence-corrected chi connectivity index (χ0v) is 10.2. The van der Waals surface area contributed by atoms with Crippen LogP contribution in [-0.2, 0) is 6.54 Å². The molecule has 0 bridgehead atoms. The Bertz CT molecular complexity index is 785. The molecule has 0 fully saturated rings. The van der Waals surface area contributed by atoms with Gasteiger partial charge in [0.05, 0.1) is 6.54 Å². The topological polar surface area (TPSA) is 99.8 Å². The molecule has 0 atom stereocenters. The first-order valence-corrected chi connectivity index (χ1v) is 5.68. The standard InChI is InChI=1S/C12H11N5O2/c1-7-5-9(13)16-10(15-7)6-17-11-8(19-12(17)18)3-2-4-14-11/h2-5H,6H2,1H3,(H2,13,15,16). The average molecular weight is 257 g/mol. The summed E-state index contributed by atoms with van der Waals surface area (Å²) in [7, 11) is 0. The first-order chi connectivity index (χ1) is 9.13. The molecule has 96 valence electrons. The van der Waals surface area contributed by atoms with Gasteiger partial charge < -0.3 is 10.2 Å². The molecule has 19 heavy (non-hydrogen) atoms. The van der Waals surface area contributed by atoms with Crippen molar-refractivity contribution in [2.24, 2.45) is 0 Å². The monoisotopic (exact) mass is 257 g/mol. The summed E-state index contributed by atoms with van der Waals surface area (Å²) in [5, 5.41) is 0. The predicted molar refractivity (Wildman–Crippen MR) is 68.6 cm³/mol. The quantitative estimate of drug-likeness (QED) is 0.726. The van der Waals surface area contributed by atoms with Gasteiger partial charge in [-0.05, 0) is 19.1 Å². The van der Waals surface area contributed by atoms with E-state index in [-0.39, 0.29) is 6.54 Å². The van der Waals surface area contributed by atoms with Crippen molar-refractivity contribution in [2.45, 2.75) is 13.5 Å². The molecule has 0 aromatic carbocycles. The normalized spacial score (nSPS) is 11.0. The zero-order chi connectivity index (χ0) is 13.4. The minimum Gasteiger partial charge on any atom is -0.406 e. The van der Waals surface area contributed by atoms with Crippen molar-refractivity contribution in [1.29, 1.82) is 0 Å². The molecule has 3 heterocycles. The molecule has 0 aliphatic carbocycles. The van der Waals surface area contributed by atoms with Gasteiger partial charge in [0.15, 0.2) is 17.1 Å². The fourth-order valence-corrected chi connectivity index (χ4v) is 1.91. The van der Waals surface area contributed by atoms with E-state index < -0.39 is 5.76 Å². The van der Waals surface area contributed by atoms with Crippen LogP contribution in [0.25, 0.3) is 11.2 Å². The van der Waals surface area contributed by atoms with Crippen LogP contribution in [0.1, 0.15) is 11.5 Å². The molecule has 2 N–H and O–H groups in total. The van der Waals surface area contributed by atoms with E-state index in [0.717, 1.165) is 5.69 Å². The van der Waals surface area contributed by atoms with Crippen LogP contribution >= 0.6 is 0 Å². The van der Waals surface area contributed by atoms with Crippen molar-refractivity contribution < 1.29 is 4.42 Å². The third-order valence-electron chi connectivity index (χ3n) is 2.64. The summed E-state index contributed by atoms with van der Waals surface area (Å²) in [4.78, 5) is 24.2. The Labute approximate surface area is 107 Å². The van der Waals surface area contributed by atoms with Crippen molar-refractivity contribution in [3.63, 3.8) is 0 Å². The molecule has 0 saturated heterocycles. The fourth-order valence-electron chi connectivity index (χ4n) is 1.91. The maximum absolute atomic E-state index is 11.8. The van der Waals surface area contributed by atoms with Crippen LogP contribution in [0.5, 0.6) is 0 Å². The summed E-state index contributed by atoms with van der Waals surface area (Å²) in [6, 6.07) is 5.06. The molecule has 3 aromatic rings. The number of hydrogen-bond acceptors (Lipinski definition) is 6. The Morgan fingerprint density at radius 1 is 1.42 bits per heavy atom. The van der Waals surface area contributed by atoms with Crippen molar-refractivity contribution in [2.75, 3.05) is 5.73 Å². The number of rotatable bonds is 2. The number of pyridine rings is 1. The van der Waals surface area contributed by atoms with Crippen molar-refractivity contribution in [3.05, 3.63) is 46.5 Å². The number of hydrogen-bond donors (Lipinski definition) is 1. The van der Waals surface area contributed by atoms with Crippen LogP contribution < -0.4 is 11.5 Å². The molecule has 0 spiro atoms. The molecule has 0 aliphatic heterocycles. The fraction of sp³-hybridized carbons (Fsp3) is 0.167. The van der Waals surface area contributed by atoms with E-state index in [2.05, 4.69) is 15.0 Å². The summed E-state index contributed by atoms with van der Waals surface area (Å²) in [5.74, 6) is 0.335. The Hall–Kier alpha value is -2.70. The maximum Gasteiger partial charge on any atom is 0.421 e. The lowest BCUT2D eigenvalue weighted by atomic mass is 10.4. The number of nitrogen functional groups attached to an aromatic ring is 1. The third-order valence-corrected chi connectivity index (χ3v) is 2.64. The number of aryl methyl sites for hydroxylation is 1. The van der Waals surface area contributed by atoms with Gasteiger partial charge in [0.2, 0.25) is 0 Å². The zero-order valence-electron chi connectivity index (χ0n) is 10.2. The minimum atomic E-state index is -0.489. The Balaban J connectivity index is 2.10. The highest BCUT2D eigenvalue weighted by molar-refractivity contribution is 5.67. The highest BCUT2D eigenvalue weighted by Crippen LogP contribution is 2.10. The summed E-state index contributed by atoms with van der Waals surface area (Å²) >= 11 is 0. The first kappa shape index (κ1) is 11.4. The predicted octanol–water partition coefficient (Wildman–Crippen LogP) is 0.718. The molecule has 0 aliphatic rings. The van der Waals surface area contributed by atoms with Crippen LogP contribution in [0.3, 0.4) is 0 Å². The second-order valence-corrected chi connectivity index (χ2v) is 4.13. The Morgan fingerprint density at radius 3 is 3.05 bits per heavy atom. The average Bonchev–Trinajstić information content (AvgIpc) is 2.65. The molecule has 0 saturated carbocycles. The van der Waals surface area contributed by atoms with Gasteiger partial charge >= 0.3 is 5.76 Å². The number of fused-ring (bicyclic) bond motifs is 1. The van der Waals surface area contributed by atoms with Crippen LogP contribution in [0.4, 0.5) is 5.82 Å². The smallest absolute Gasteiger partial charge is 0.406 e. The highest BCUT2D eigenvalue weighted by Gasteiger charge is 2.12. The number of aromatic nitrogens is 4. The lowest BCUT2D eigenvalue weighted by Gasteiger charge is -2.03. The van der Waals surface area contributed by atoms with Gasteiger partial charge in [-0.25, -0.2) is 19.7 Å². The van der Waals surface area contributed by atoms with Gasteiger partial charge in [-0.1, -0.05) is 0 Å². The van der Waals surface area contributed by atoms with Crippen molar-refractivity contribution >= 4 is 17.0 Å². The molecule has 3 rings (SSSR count). The summed E-state index contributed by atoms with van der Waals surface area (Å²) in [5.41, 5.74) is 7.31. The molecular weight excluding hydrogens is 246 g/mol. The van der Waals surface area contributed by atoms with Gasteiger partial charge in [0.25, 0.3) is 0 Å². The van der Waals surface area contributed by atoms with E-state index in [4.69, 9.17) is 10.2 Å². The van der Waals surface area contributed by atoms with E-state index in [9.17, 15) is 4.79 Å². The second kappa shape index (κ2) is 4.20. The lowest BCUT2D eigenvalue weighted by molar-refractivity contribution is 0.513. The number of anilines is 1.